The molecule has 0 spiro atoms. The fourth-order valence-electron chi connectivity index (χ4n) is 2.20. The number of hydrogen-bond acceptors (Lipinski definition) is 3. The largest absolute Gasteiger partial charge is 0.496 e. The number of carboxylic acid groups (broad SMARTS) is 1. The Hall–Kier alpha value is -2.07. The molecule has 3 nitrogen and oxygen atoms in total. The molecule has 4 heteroatoms. The van der Waals surface area contributed by atoms with Crippen molar-refractivity contribution in [2.45, 2.75) is 26.2 Å². The van der Waals surface area contributed by atoms with E-state index in [0.717, 1.165) is 32.7 Å². The van der Waals surface area contributed by atoms with Crippen molar-refractivity contribution in [3.05, 3.63) is 46.8 Å². The maximum absolute atomic E-state index is 10.6. The van der Waals surface area contributed by atoms with Gasteiger partial charge in [-0.05, 0) is 47.4 Å². The van der Waals surface area contributed by atoms with Crippen LogP contribution >= 0.6 is 11.3 Å². The van der Waals surface area contributed by atoms with E-state index in [4.69, 9.17) is 9.84 Å². The van der Waals surface area contributed by atoms with Crippen LogP contribution in [0.1, 0.15) is 31.2 Å². The summed E-state index contributed by atoms with van der Waals surface area (Å²) >= 11 is 1.57. The Morgan fingerprint density at radius 2 is 1.95 bits per heavy atom. The number of carbonyl (C=O) groups is 1. The third kappa shape index (κ3) is 3.77. The van der Waals surface area contributed by atoms with E-state index >= 15 is 0 Å². The second-order valence-electron chi connectivity index (χ2n) is 6.04. The lowest BCUT2D eigenvalue weighted by Crippen LogP contribution is -2.12. The van der Waals surface area contributed by atoms with Crippen molar-refractivity contribution < 1.29 is 14.6 Å². The van der Waals surface area contributed by atoms with Crippen LogP contribution < -0.4 is 4.74 Å². The van der Waals surface area contributed by atoms with E-state index in [1.165, 1.54) is 0 Å². The highest BCUT2D eigenvalue weighted by molar-refractivity contribution is 7.16. The number of hydrogen-bond donors (Lipinski definition) is 1. The summed E-state index contributed by atoms with van der Waals surface area (Å²) in [5.74, 6) is -0.0479. The number of ether oxygens (including phenoxy) is 1. The Balaban J connectivity index is 2.39. The maximum atomic E-state index is 10.6. The van der Waals surface area contributed by atoms with Crippen molar-refractivity contribution >= 4 is 23.4 Å². The van der Waals surface area contributed by atoms with Gasteiger partial charge in [0.1, 0.15) is 5.75 Å². The van der Waals surface area contributed by atoms with E-state index in [1.807, 2.05) is 24.3 Å². The molecule has 1 N–H and O–H groups in total. The third-order valence-electron chi connectivity index (χ3n) is 3.31. The minimum atomic E-state index is -0.936. The van der Waals surface area contributed by atoms with Gasteiger partial charge in [0, 0.05) is 21.4 Å². The highest BCUT2D eigenvalue weighted by Gasteiger charge is 2.19. The van der Waals surface area contributed by atoms with Crippen molar-refractivity contribution in [1.29, 1.82) is 0 Å². The third-order valence-corrected chi connectivity index (χ3v) is 4.41. The van der Waals surface area contributed by atoms with Crippen LogP contribution in [0.25, 0.3) is 16.5 Å². The fraction of sp³-hybridized carbons (Fsp3) is 0.278. The Morgan fingerprint density at radius 1 is 1.23 bits per heavy atom. The number of methoxy groups -OCH3 is 1. The monoisotopic (exact) mass is 316 g/mol. The number of aliphatic carboxylic acids is 1. The highest BCUT2D eigenvalue weighted by atomic mass is 32.1. The van der Waals surface area contributed by atoms with E-state index in [0.29, 0.717) is 0 Å². The van der Waals surface area contributed by atoms with E-state index in [9.17, 15) is 4.79 Å². The first-order chi connectivity index (χ1) is 10.3. The van der Waals surface area contributed by atoms with Gasteiger partial charge < -0.3 is 9.84 Å². The molecule has 0 amide bonds. The van der Waals surface area contributed by atoms with Gasteiger partial charge in [-0.3, -0.25) is 0 Å². The maximum Gasteiger partial charge on any atom is 0.328 e. The summed E-state index contributed by atoms with van der Waals surface area (Å²) in [6.07, 6.45) is 2.77. The standard InChI is InChI=1S/C18H20O3S/c1-18(2,3)14-11-12(5-8-15(14)21-4)16-9-6-13(22-16)7-10-17(19)20/h5-11H,1-4H3,(H,19,20)/b10-7+. The molecule has 2 aromatic rings. The Labute approximate surface area is 134 Å². The highest BCUT2D eigenvalue weighted by Crippen LogP contribution is 2.37. The fourth-order valence-corrected chi connectivity index (χ4v) is 3.11. The van der Waals surface area contributed by atoms with E-state index in [1.54, 1.807) is 24.5 Å². The molecular weight excluding hydrogens is 296 g/mol. The zero-order valence-electron chi connectivity index (χ0n) is 13.2. The zero-order valence-corrected chi connectivity index (χ0v) is 14.0. The molecular formula is C18H20O3S. The number of carboxylic acids is 1. The number of benzene rings is 1. The Morgan fingerprint density at radius 3 is 2.55 bits per heavy atom. The molecule has 0 radical (unpaired) electrons. The topological polar surface area (TPSA) is 46.5 Å². The Bertz CT molecular complexity index is 705. The van der Waals surface area contributed by atoms with Gasteiger partial charge in [-0.2, -0.15) is 0 Å². The van der Waals surface area contributed by atoms with Crippen LogP contribution in [0, 0.1) is 0 Å². The summed E-state index contributed by atoms with van der Waals surface area (Å²) in [6.45, 7) is 6.47. The van der Waals surface area contributed by atoms with Crippen LogP contribution in [0.15, 0.2) is 36.4 Å². The molecule has 1 aromatic carbocycles. The summed E-state index contributed by atoms with van der Waals surface area (Å²) in [4.78, 5) is 12.6. The van der Waals surface area contributed by atoms with Gasteiger partial charge in [0.2, 0.25) is 0 Å². The van der Waals surface area contributed by atoms with Gasteiger partial charge >= 0.3 is 5.97 Å². The summed E-state index contributed by atoms with van der Waals surface area (Å²) in [5.41, 5.74) is 2.26. The van der Waals surface area contributed by atoms with Gasteiger partial charge in [0.15, 0.2) is 0 Å². The number of rotatable bonds is 4. The van der Waals surface area contributed by atoms with Gasteiger partial charge in [-0.15, -0.1) is 11.3 Å². The molecule has 116 valence electrons. The van der Waals surface area contributed by atoms with E-state index in [-0.39, 0.29) is 5.41 Å². The summed E-state index contributed by atoms with van der Waals surface area (Å²) in [7, 11) is 1.68. The van der Waals surface area contributed by atoms with Crippen LogP contribution in [0.4, 0.5) is 0 Å². The molecule has 0 bridgehead atoms. The van der Waals surface area contributed by atoms with Crippen LogP contribution in [-0.4, -0.2) is 18.2 Å². The average Bonchev–Trinajstić information content (AvgIpc) is 2.92. The van der Waals surface area contributed by atoms with Crippen molar-refractivity contribution in [2.75, 3.05) is 7.11 Å². The first-order valence-electron chi connectivity index (χ1n) is 7.01. The van der Waals surface area contributed by atoms with Crippen LogP contribution in [0.2, 0.25) is 0 Å². The van der Waals surface area contributed by atoms with Crippen LogP contribution in [0.3, 0.4) is 0 Å². The van der Waals surface area contributed by atoms with Gasteiger partial charge in [0.25, 0.3) is 0 Å². The van der Waals surface area contributed by atoms with Crippen molar-refractivity contribution in [3.63, 3.8) is 0 Å². The van der Waals surface area contributed by atoms with E-state index < -0.39 is 5.97 Å². The second kappa shape index (κ2) is 6.36. The molecule has 0 saturated heterocycles. The second-order valence-corrected chi connectivity index (χ2v) is 7.15. The minimum Gasteiger partial charge on any atom is -0.496 e. The lowest BCUT2D eigenvalue weighted by atomic mass is 9.85. The van der Waals surface area contributed by atoms with Gasteiger partial charge in [-0.25, -0.2) is 4.79 Å². The quantitative estimate of drug-likeness (QED) is 0.823. The van der Waals surface area contributed by atoms with E-state index in [2.05, 4.69) is 26.8 Å². The summed E-state index contributed by atoms with van der Waals surface area (Å²) in [6, 6.07) is 10.1. The molecule has 0 fully saturated rings. The van der Waals surface area contributed by atoms with Gasteiger partial charge in [0.05, 0.1) is 7.11 Å². The molecule has 0 aliphatic carbocycles. The van der Waals surface area contributed by atoms with Crippen molar-refractivity contribution in [1.82, 2.24) is 0 Å². The molecule has 22 heavy (non-hydrogen) atoms. The SMILES string of the molecule is COc1ccc(-c2ccc(/C=C/C(=O)O)s2)cc1C(C)(C)C. The Kier molecular flexibility index (Phi) is 4.71. The molecule has 0 atom stereocenters. The molecule has 0 saturated carbocycles. The minimum absolute atomic E-state index is 0.00927. The molecule has 0 aliphatic rings. The average molecular weight is 316 g/mol. The lowest BCUT2D eigenvalue weighted by molar-refractivity contribution is -0.131. The smallest absolute Gasteiger partial charge is 0.328 e. The molecule has 2 rings (SSSR count). The molecule has 0 unspecified atom stereocenters. The zero-order chi connectivity index (χ0) is 16.3. The van der Waals surface area contributed by atoms with Gasteiger partial charge in [-0.1, -0.05) is 20.8 Å². The van der Waals surface area contributed by atoms with Crippen molar-refractivity contribution in [3.8, 4) is 16.2 Å². The summed E-state index contributed by atoms with van der Waals surface area (Å²) in [5, 5.41) is 8.69. The molecule has 1 heterocycles. The normalized spacial score (nSPS) is 11.8. The summed E-state index contributed by atoms with van der Waals surface area (Å²) < 4.78 is 5.46. The molecule has 1 aromatic heterocycles. The van der Waals surface area contributed by atoms with Crippen LogP contribution in [0.5, 0.6) is 5.75 Å². The van der Waals surface area contributed by atoms with Crippen molar-refractivity contribution in [2.24, 2.45) is 0 Å². The van der Waals surface area contributed by atoms with Crippen LogP contribution in [-0.2, 0) is 10.2 Å². The predicted octanol–water partition coefficient (Wildman–Crippen LogP) is 4.82. The predicted molar refractivity (Wildman–Crippen MR) is 91.7 cm³/mol. The number of thiophene rings is 1. The first kappa shape index (κ1) is 16.3. The first-order valence-corrected chi connectivity index (χ1v) is 7.82. The lowest BCUT2D eigenvalue weighted by Gasteiger charge is -2.22. The molecule has 0 aliphatic heterocycles.